The number of nitrogens with zero attached hydrogens (tertiary/aromatic N) is 2. The van der Waals surface area contributed by atoms with Gasteiger partial charge in [0.1, 0.15) is 0 Å². The molecule has 106 valence electrons. The highest BCUT2D eigenvalue weighted by molar-refractivity contribution is 5.77. The Hall–Kier alpha value is -1.40. The lowest BCUT2D eigenvalue weighted by Crippen LogP contribution is -2.41. The second kappa shape index (κ2) is 6.68. The van der Waals surface area contributed by atoms with E-state index >= 15 is 0 Å². The van der Waals surface area contributed by atoms with Gasteiger partial charge >= 0.3 is 0 Å². The number of aromatic amines is 1. The number of hydrogen-bond acceptors (Lipinski definition) is 4. The van der Waals surface area contributed by atoms with Crippen molar-refractivity contribution in [2.45, 2.75) is 31.3 Å². The first-order valence-corrected chi connectivity index (χ1v) is 6.74. The van der Waals surface area contributed by atoms with Gasteiger partial charge in [0.2, 0.25) is 5.91 Å². The van der Waals surface area contributed by atoms with Crippen LogP contribution in [0.3, 0.4) is 0 Å². The number of carbonyl (C=O) groups excluding carboxylic acids is 1. The maximum absolute atomic E-state index is 12.2. The van der Waals surface area contributed by atoms with Gasteiger partial charge in [0, 0.05) is 44.6 Å². The van der Waals surface area contributed by atoms with Crippen LogP contribution in [-0.4, -0.2) is 53.9 Å². The molecule has 6 heteroatoms. The first kappa shape index (κ1) is 14.0. The SMILES string of the molecule is COC(CN)CC(=O)N1CCCC(c2ccn[nH]2)C1. The van der Waals surface area contributed by atoms with Crippen LogP contribution < -0.4 is 5.73 Å². The average molecular weight is 266 g/mol. The van der Waals surface area contributed by atoms with E-state index in [1.807, 2.05) is 11.0 Å². The van der Waals surface area contributed by atoms with Crippen LogP contribution in [0.5, 0.6) is 0 Å². The van der Waals surface area contributed by atoms with Crippen LogP contribution in [0.15, 0.2) is 12.3 Å². The minimum absolute atomic E-state index is 0.126. The summed E-state index contributed by atoms with van der Waals surface area (Å²) in [5.41, 5.74) is 6.67. The van der Waals surface area contributed by atoms with Crippen LogP contribution in [0.1, 0.15) is 30.9 Å². The number of H-pyrrole nitrogens is 1. The molecule has 6 nitrogen and oxygen atoms in total. The molecule has 1 saturated heterocycles. The first-order valence-electron chi connectivity index (χ1n) is 6.74. The van der Waals surface area contributed by atoms with Crippen molar-refractivity contribution in [1.82, 2.24) is 15.1 Å². The molecule has 0 aliphatic carbocycles. The summed E-state index contributed by atoms with van der Waals surface area (Å²) in [6, 6.07) is 1.98. The molecule has 2 heterocycles. The van der Waals surface area contributed by atoms with Gasteiger partial charge in [-0.05, 0) is 18.9 Å². The number of carbonyl (C=O) groups is 1. The minimum atomic E-state index is -0.181. The molecule has 1 aromatic rings. The minimum Gasteiger partial charge on any atom is -0.380 e. The lowest BCUT2D eigenvalue weighted by Gasteiger charge is -2.33. The first-order chi connectivity index (χ1) is 9.24. The van der Waals surface area contributed by atoms with E-state index in [4.69, 9.17) is 10.5 Å². The molecular weight excluding hydrogens is 244 g/mol. The lowest BCUT2D eigenvalue weighted by atomic mass is 9.94. The molecule has 1 aliphatic rings. The average Bonchev–Trinajstić information content (AvgIpc) is 2.99. The van der Waals surface area contributed by atoms with E-state index in [0.717, 1.165) is 31.6 Å². The van der Waals surface area contributed by atoms with Gasteiger partial charge in [-0.1, -0.05) is 0 Å². The van der Waals surface area contributed by atoms with Crippen molar-refractivity contribution < 1.29 is 9.53 Å². The number of ether oxygens (including phenoxy) is 1. The van der Waals surface area contributed by atoms with Gasteiger partial charge in [0.25, 0.3) is 0 Å². The summed E-state index contributed by atoms with van der Waals surface area (Å²) in [7, 11) is 1.59. The molecule has 2 rings (SSSR count). The molecule has 0 aromatic carbocycles. The van der Waals surface area contributed by atoms with Gasteiger partial charge in [-0.15, -0.1) is 0 Å². The summed E-state index contributed by atoms with van der Waals surface area (Å²) in [5, 5.41) is 6.97. The summed E-state index contributed by atoms with van der Waals surface area (Å²) >= 11 is 0. The van der Waals surface area contributed by atoms with E-state index in [1.54, 1.807) is 13.3 Å². The van der Waals surface area contributed by atoms with E-state index in [-0.39, 0.29) is 12.0 Å². The molecule has 1 aliphatic heterocycles. The van der Waals surface area contributed by atoms with Gasteiger partial charge in [-0.2, -0.15) is 5.10 Å². The van der Waals surface area contributed by atoms with E-state index in [0.29, 0.717) is 18.9 Å². The number of nitrogens with two attached hydrogens (primary N) is 1. The van der Waals surface area contributed by atoms with Crippen LogP contribution in [0.25, 0.3) is 0 Å². The Bertz CT molecular complexity index is 389. The molecule has 2 unspecified atom stereocenters. The largest absolute Gasteiger partial charge is 0.380 e. The van der Waals surface area contributed by atoms with E-state index in [1.165, 1.54) is 0 Å². The van der Waals surface area contributed by atoms with E-state index in [9.17, 15) is 4.79 Å². The molecular formula is C13H22N4O2. The highest BCUT2D eigenvalue weighted by atomic mass is 16.5. The smallest absolute Gasteiger partial charge is 0.225 e. The second-order valence-corrected chi connectivity index (χ2v) is 4.99. The number of amides is 1. The number of nitrogens with one attached hydrogen (secondary N) is 1. The van der Waals surface area contributed by atoms with Crippen LogP contribution in [0, 0.1) is 0 Å². The van der Waals surface area contributed by atoms with Crippen LogP contribution in [-0.2, 0) is 9.53 Å². The quantitative estimate of drug-likeness (QED) is 0.812. The van der Waals surface area contributed by atoms with Crippen molar-refractivity contribution in [3.8, 4) is 0 Å². The van der Waals surface area contributed by atoms with Gasteiger partial charge in [0.15, 0.2) is 0 Å². The number of aromatic nitrogens is 2. The monoisotopic (exact) mass is 266 g/mol. The number of rotatable bonds is 5. The molecule has 19 heavy (non-hydrogen) atoms. The second-order valence-electron chi connectivity index (χ2n) is 4.99. The number of likely N-dealkylation sites (tertiary alicyclic amines) is 1. The Morgan fingerprint density at radius 1 is 1.74 bits per heavy atom. The fourth-order valence-corrected chi connectivity index (χ4v) is 2.54. The molecule has 0 bridgehead atoms. The Morgan fingerprint density at radius 3 is 3.21 bits per heavy atom. The summed E-state index contributed by atoms with van der Waals surface area (Å²) in [6.07, 6.45) is 4.06. The number of piperidine rings is 1. The highest BCUT2D eigenvalue weighted by Gasteiger charge is 2.26. The Balaban J connectivity index is 1.91. The molecule has 1 aromatic heterocycles. The van der Waals surface area contributed by atoms with Crippen molar-refractivity contribution in [2.75, 3.05) is 26.7 Å². The van der Waals surface area contributed by atoms with Crippen molar-refractivity contribution in [2.24, 2.45) is 5.73 Å². The maximum atomic E-state index is 12.2. The number of hydrogen-bond donors (Lipinski definition) is 2. The fraction of sp³-hybridized carbons (Fsp3) is 0.692. The van der Waals surface area contributed by atoms with Gasteiger partial charge in [0.05, 0.1) is 12.5 Å². The summed E-state index contributed by atoms with van der Waals surface area (Å²) in [5.74, 6) is 0.487. The predicted molar refractivity (Wildman–Crippen MR) is 71.6 cm³/mol. The van der Waals surface area contributed by atoms with Crippen LogP contribution in [0.4, 0.5) is 0 Å². The van der Waals surface area contributed by atoms with Crippen LogP contribution >= 0.6 is 0 Å². The molecule has 3 N–H and O–H groups in total. The van der Waals surface area contributed by atoms with Crippen molar-refractivity contribution in [3.63, 3.8) is 0 Å². The highest BCUT2D eigenvalue weighted by Crippen LogP contribution is 2.25. The third-order valence-electron chi connectivity index (χ3n) is 3.73. The number of methoxy groups -OCH3 is 1. The zero-order chi connectivity index (χ0) is 13.7. The van der Waals surface area contributed by atoms with Gasteiger partial charge in [-0.3, -0.25) is 9.89 Å². The summed E-state index contributed by atoms with van der Waals surface area (Å²) in [6.45, 7) is 1.95. The topological polar surface area (TPSA) is 84.2 Å². The molecule has 0 saturated carbocycles. The molecule has 2 atom stereocenters. The Morgan fingerprint density at radius 2 is 2.58 bits per heavy atom. The zero-order valence-electron chi connectivity index (χ0n) is 11.3. The molecule has 0 spiro atoms. The molecule has 1 fully saturated rings. The summed E-state index contributed by atoms with van der Waals surface area (Å²) in [4.78, 5) is 14.1. The van der Waals surface area contributed by atoms with Gasteiger partial charge < -0.3 is 15.4 Å². The predicted octanol–water partition coefficient (Wildman–Crippen LogP) is 0.480. The third-order valence-corrected chi connectivity index (χ3v) is 3.73. The van der Waals surface area contributed by atoms with Crippen molar-refractivity contribution in [1.29, 1.82) is 0 Å². The van der Waals surface area contributed by atoms with Gasteiger partial charge in [-0.25, -0.2) is 0 Å². The fourth-order valence-electron chi connectivity index (χ4n) is 2.54. The maximum Gasteiger partial charge on any atom is 0.225 e. The lowest BCUT2D eigenvalue weighted by molar-refractivity contribution is -0.134. The Kier molecular flexibility index (Phi) is 4.93. The van der Waals surface area contributed by atoms with E-state index < -0.39 is 0 Å². The van der Waals surface area contributed by atoms with Crippen molar-refractivity contribution >= 4 is 5.91 Å². The Labute approximate surface area is 113 Å². The standard InChI is InChI=1S/C13H22N4O2/c1-19-11(8-14)7-13(18)17-6-2-3-10(9-17)12-4-5-15-16-12/h4-5,10-11H,2-3,6-9,14H2,1H3,(H,15,16). The van der Waals surface area contributed by atoms with E-state index in [2.05, 4.69) is 10.2 Å². The summed E-state index contributed by atoms with van der Waals surface area (Å²) < 4.78 is 5.17. The molecule has 1 amide bonds. The molecule has 0 radical (unpaired) electrons. The zero-order valence-corrected chi connectivity index (χ0v) is 11.3. The third kappa shape index (κ3) is 3.54. The normalized spacial score (nSPS) is 21.4. The van der Waals surface area contributed by atoms with Crippen LogP contribution in [0.2, 0.25) is 0 Å². The van der Waals surface area contributed by atoms with Crippen molar-refractivity contribution in [3.05, 3.63) is 18.0 Å².